The summed E-state index contributed by atoms with van der Waals surface area (Å²) >= 11 is 0. The Bertz CT molecular complexity index is 523. The lowest BCUT2D eigenvalue weighted by Gasteiger charge is -2.08. The quantitative estimate of drug-likeness (QED) is 0.791. The van der Waals surface area contributed by atoms with Crippen molar-refractivity contribution < 1.29 is 0 Å². The SMILES string of the molecule is Cc1nccc(CNc2ccc(C)c(N)c2)n1. The lowest BCUT2D eigenvalue weighted by molar-refractivity contribution is 0.955. The smallest absolute Gasteiger partial charge is 0.125 e. The van der Waals surface area contributed by atoms with Crippen LogP contribution in [-0.4, -0.2) is 9.97 Å². The molecule has 0 saturated carbocycles. The third-order valence-electron chi connectivity index (χ3n) is 2.59. The number of hydrogen-bond donors (Lipinski definition) is 2. The van der Waals surface area contributed by atoms with E-state index in [9.17, 15) is 0 Å². The van der Waals surface area contributed by atoms with E-state index in [-0.39, 0.29) is 0 Å². The summed E-state index contributed by atoms with van der Waals surface area (Å²) in [5.41, 5.74) is 9.71. The molecule has 0 bridgehead atoms. The van der Waals surface area contributed by atoms with Crippen LogP contribution in [0.15, 0.2) is 30.5 Å². The van der Waals surface area contributed by atoms with Crippen molar-refractivity contribution in [2.75, 3.05) is 11.1 Å². The van der Waals surface area contributed by atoms with Gasteiger partial charge in [-0.05, 0) is 37.6 Å². The number of nitrogens with one attached hydrogen (secondary N) is 1. The maximum atomic E-state index is 5.85. The van der Waals surface area contributed by atoms with Gasteiger partial charge >= 0.3 is 0 Å². The normalized spacial score (nSPS) is 10.2. The maximum absolute atomic E-state index is 5.85. The van der Waals surface area contributed by atoms with Crippen LogP contribution < -0.4 is 11.1 Å². The molecule has 0 saturated heterocycles. The van der Waals surface area contributed by atoms with E-state index in [1.165, 1.54) is 0 Å². The highest BCUT2D eigenvalue weighted by atomic mass is 14.9. The highest BCUT2D eigenvalue weighted by Gasteiger charge is 1.98. The maximum Gasteiger partial charge on any atom is 0.125 e. The largest absolute Gasteiger partial charge is 0.398 e. The molecule has 0 atom stereocenters. The molecular formula is C13H16N4. The number of nitrogens with two attached hydrogens (primary N) is 1. The van der Waals surface area contributed by atoms with Crippen molar-refractivity contribution in [3.63, 3.8) is 0 Å². The molecule has 1 aromatic heterocycles. The average Bonchev–Trinajstić information content (AvgIpc) is 2.31. The van der Waals surface area contributed by atoms with Crippen molar-refractivity contribution >= 4 is 11.4 Å². The van der Waals surface area contributed by atoms with Gasteiger partial charge in [0.2, 0.25) is 0 Å². The van der Waals surface area contributed by atoms with Crippen LogP contribution in [0.3, 0.4) is 0 Å². The minimum atomic E-state index is 0.672. The second-order valence-corrected chi connectivity index (χ2v) is 4.02. The number of hydrogen-bond acceptors (Lipinski definition) is 4. The molecule has 0 aliphatic rings. The van der Waals surface area contributed by atoms with Crippen molar-refractivity contribution in [2.45, 2.75) is 20.4 Å². The second-order valence-electron chi connectivity index (χ2n) is 4.02. The summed E-state index contributed by atoms with van der Waals surface area (Å²) in [7, 11) is 0. The molecular weight excluding hydrogens is 212 g/mol. The van der Waals surface area contributed by atoms with Gasteiger partial charge in [-0.1, -0.05) is 6.07 Å². The van der Waals surface area contributed by atoms with Gasteiger partial charge < -0.3 is 11.1 Å². The Hall–Kier alpha value is -2.10. The predicted octanol–water partition coefficient (Wildman–Crippen LogP) is 2.29. The number of aryl methyl sites for hydroxylation is 2. The van der Waals surface area contributed by atoms with E-state index in [0.29, 0.717) is 6.54 Å². The van der Waals surface area contributed by atoms with E-state index in [0.717, 1.165) is 28.5 Å². The Balaban J connectivity index is 2.05. The van der Waals surface area contributed by atoms with Crippen molar-refractivity contribution in [1.29, 1.82) is 0 Å². The lowest BCUT2D eigenvalue weighted by Crippen LogP contribution is -2.03. The van der Waals surface area contributed by atoms with Crippen molar-refractivity contribution in [3.05, 3.63) is 47.5 Å². The molecule has 17 heavy (non-hydrogen) atoms. The number of benzene rings is 1. The van der Waals surface area contributed by atoms with Gasteiger partial charge in [-0.15, -0.1) is 0 Å². The van der Waals surface area contributed by atoms with E-state index in [1.54, 1.807) is 6.20 Å². The molecule has 0 spiro atoms. The average molecular weight is 228 g/mol. The van der Waals surface area contributed by atoms with Crippen LogP contribution in [0.4, 0.5) is 11.4 Å². The molecule has 4 nitrogen and oxygen atoms in total. The first-order valence-corrected chi connectivity index (χ1v) is 5.53. The fraction of sp³-hybridized carbons (Fsp3) is 0.231. The number of rotatable bonds is 3. The van der Waals surface area contributed by atoms with Crippen LogP contribution >= 0.6 is 0 Å². The molecule has 1 aromatic carbocycles. The molecule has 88 valence electrons. The third kappa shape index (κ3) is 2.93. The first-order chi connectivity index (χ1) is 8.15. The molecule has 0 aliphatic heterocycles. The first-order valence-electron chi connectivity index (χ1n) is 5.53. The van der Waals surface area contributed by atoms with E-state index in [2.05, 4.69) is 15.3 Å². The highest BCUT2D eigenvalue weighted by molar-refractivity contribution is 5.58. The molecule has 4 heteroatoms. The summed E-state index contributed by atoms with van der Waals surface area (Å²) in [4.78, 5) is 8.39. The second kappa shape index (κ2) is 4.82. The van der Waals surface area contributed by atoms with Crippen LogP contribution in [0.25, 0.3) is 0 Å². The van der Waals surface area contributed by atoms with Crippen molar-refractivity contribution in [2.24, 2.45) is 0 Å². The van der Waals surface area contributed by atoms with Crippen LogP contribution in [0, 0.1) is 13.8 Å². The van der Waals surface area contributed by atoms with Crippen LogP contribution in [0.2, 0.25) is 0 Å². The van der Waals surface area contributed by atoms with Gasteiger partial charge in [0.05, 0.1) is 12.2 Å². The molecule has 0 fully saturated rings. The Labute approximate surface area is 101 Å². The fourth-order valence-electron chi connectivity index (χ4n) is 1.55. The summed E-state index contributed by atoms with van der Waals surface area (Å²) in [6.07, 6.45) is 1.77. The first kappa shape index (κ1) is 11.4. The molecule has 2 aromatic rings. The zero-order valence-corrected chi connectivity index (χ0v) is 10.1. The third-order valence-corrected chi connectivity index (χ3v) is 2.59. The molecule has 0 amide bonds. The standard InChI is InChI=1S/C13H16N4/c1-9-3-4-11(7-13(9)14)16-8-12-5-6-15-10(2)17-12/h3-7,16H,8,14H2,1-2H3. The zero-order chi connectivity index (χ0) is 12.3. The van der Waals surface area contributed by atoms with Crippen LogP contribution in [0.5, 0.6) is 0 Å². The molecule has 2 rings (SSSR count). The van der Waals surface area contributed by atoms with Gasteiger partial charge in [0.25, 0.3) is 0 Å². The van der Waals surface area contributed by atoms with Gasteiger partial charge in [-0.2, -0.15) is 0 Å². The van der Waals surface area contributed by atoms with Crippen molar-refractivity contribution in [3.8, 4) is 0 Å². The summed E-state index contributed by atoms with van der Waals surface area (Å²) in [5.74, 6) is 0.785. The fourth-order valence-corrected chi connectivity index (χ4v) is 1.55. The van der Waals surface area contributed by atoms with E-state index in [1.807, 2.05) is 38.1 Å². The molecule has 0 unspecified atom stereocenters. The Morgan fingerprint density at radius 2 is 2.06 bits per heavy atom. The summed E-state index contributed by atoms with van der Waals surface area (Å²) < 4.78 is 0. The van der Waals surface area contributed by atoms with Gasteiger partial charge in [0.15, 0.2) is 0 Å². The molecule has 1 heterocycles. The van der Waals surface area contributed by atoms with Gasteiger partial charge in [0.1, 0.15) is 5.82 Å². The van der Waals surface area contributed by atoms with Crippen LogP contribution in [0.1, 0.15) is 17.1 Å². The highest BCUT2D eigenvalue weighted by Crippen LogP contribution is 2.17. The topological polar surface area (TPSA) is 63.8 Å². The Kier molecular flexibility index (Phi) is 3.23. The molecule has 0 aliphatic carbocycles. The lowest BCUT2D eigenvalue weighted by atomic mass is 10.2. The number of nitrogen functional groups attached to an aromatic ring is 1. The minimum absolute atomic E-state index is 0.672. The molecule has 0 radical (unpaired) electrons. The minimum Gasteiger partial charge on any atom is -0.398 e. The van der Waals surface area contributed by atoms with Gasteiger partial charge in [-0.3, -0.25) is 0 Å². The summed E-state index contributed by atoms with van der Waals surface area (Å²) in [6, 6.07) is 7.85. The number of anilines is 2. The van der Waals surface area contributed by atoms with E-state index < -0.39 is 0 Å². The van der Waals surface area contributed by atoms with E-state index in [4.69, 9.17) is 5.73 Å². The predicted molar refractivity (Wildman–Crippen MR) is 69.7 cm³/mol. The Morgan fingerprint density at radius 3 is 2.76 bits per heavy atom. The van der Waals surface area contributed by atoms with Gasteiger partial charge in [0, 0.05) is 17.6 Å². The van der Waals surface area contributed by atoms with E-state index >= 15 is 0 Å². The number of aromatic nitrogens is 2. The number of nitrogens with zero attached hydrogens (tertiary/aromatic N) is 2. The summed E-state index contributed by atoms with van der Waals surface area (Å²) in [6.45, 7) is 4.55. The van der Waals surface area contributed by atoms with Crippen molar-refractivity contribution in [1.82, 2.24) is 9.97 Å². The molecule has 3 N–H and O–H groups in total. The monoisotopic (exact) mass is 228 g/mol. The van der Waals surface area contributed by atoms with Crippen LogP contribution in [-0.2, 0) is 6.54 Å². The van der Waals surface area contributed by atoms with Gasteiger partial charge in [-0.25, -0.2) is 9.97 Å². The zero-order valence-electron chi connectivity index (χ0n) is 10.1. The Morgan fingerprint density at radius 1 is 1.24 bits per heavy atom. The summed E-state index contributed by atoms with van der Waals surface area (Å²) in [5, 5.41) is 3.29.